The zero-order chi connectivity index (χ0) is 15.6. The number of halogens is 2. The summed E-state index contributed by atoms with van der Waals surface area (Å²) >= 11 is 1.33. The molecule has 2 aromatic rings. The highest BCUT2D eigenvalue weighted by molar-refractivity contribution is 7.07. The Bertz CT molecular complexity index is 691. The molecule has 1 aromatic heterocycles. The van der Waals surface area contributed by atoms with Crippen molar-refractivity contribution in [2.75, 3.05) is 7.05 Å². The van der Waals surface area contributed by atoms with Gasteiger partial charge in [0.15, 0.2) is 11.6 Å². The van der Waals surface area contributed by atoms with E-state index in [9.17, 15) is 23.7 Å². The Labute approximate surface area is 121 Å². The molecule has 9 heteroatoms. The van der Waals surface area contributed by atoms with Crippen molar-refractivity contribution in [1.29, 1.82) is 0 Å². The molecule has 0 radical (unpaired) electrons. The van der Waals surface area contributed by atoms with Crippen LogP contribution in [-0.2, 0) is 6.54 Å². The van der Waals surface area contributed by atoms with E-state index in [0.717, 1.165) is 4.90 Å². The molecular weight excluding hydrogens is 304 g/mol. The predicted molar refractivity (Wildman–Crippen MR) is 70.9 cm³/mol. The fraction of sp³-hybridized carbons (Fsp3) is 0.167. The Morgan fingerprint density at radius 2 is 2.10 bits per heavy atom. The standard InChI is InChI=1S/C12H9F2N3O3S/c1-16(4-7-5-21-6-15-7)12(18)8-2-9(13)10(14)3-11(8)17(19)20/h2-3,5-6H,4H2,1H3. The monoisotopic (exact) mass is 313 g/mol. The summed E-state index contributed by atoms with van der Waals surface area (Å²) in [5, 5.41) is 12.6. The van der Waals surface area contributed by atoms with Crippen molar-refractivity contribution < 1.29 is 18.5 Å². The second-order valence-corrected chi connectivity index (χ2v) is 4.90. The molecule has 0 atom stereocenters. The summed E-state index contributed by atoms with van der Waals surface area (Å²) in [6.07, 6.45) is 0. The van der Waals surface area contributed by atoms with Gasteiger partial charge in [-0.15, -0.1) is 11.3 Å². The zero-order valence-electron chi connectivity index (χ0n) is 10.7. The largest absolute Gasteiger partial charge is 0.336 e. The number of benzene rings is 1. The quantitative estimate of drug-likeness (QED) is 0.642. The van der Waals surface area contributed by atoms with Gasteiger partial charge in [-0.3, -0.25) is 14.9 Å². The van der Waals surface area contributed by atoms with Crippen LogP contribution in [0.15, 0.2) is 23.0 Å². The van der Waals surface area contributed by atoms with E-state index < -0.39 is 33.7 Å². The van der Waals surface area contributed by atoms with Gasteiger partial charge in [-0.1, -0.05) is 0 Å². The lowest BCUT2D eigenvalue weighted by Crippen LogP contribution is -2.27. The number of aromatic nitrogens is 1. The first-order chi connectivity index (χ1) is 9.90. The molecule has 0 saturated carbocycles. The summed E-state index contributed by atoms with van der Waals surface area (Å²) in [5.41, 5.74) is 0.898. The lowest BCUT2D eigenvalue weighted by Gasteiger charge is -2.16. The van der Waals surface area contributed by atoms with Crippen LogP contribution in [0, 0.1) is 21.7 Å². The fourth-order valence-corrected chi connectivity index (χ4v) is 2.24. The maximum absolute atomic E-state index is 13.2. The third-order valence-corrected chi connectivity index (χ3v) is 3.33. The summed E-state index contributed by atoms with van der Waals surface area (Å²) in [4.78, 5) is 27.2. The molecule has 0 unspecified atom stereocenters. The van der Waals surface area contributed by atoms with Gasteiger partial charge in [0.05, 0.1) is 28.7 Å². The van der Waals surface area contributed by atoms with Gasteiger partial charge in [-0.05, 0) is 6.07 Å². The average molecular weight is 313 g/mol. The Kier molecular flexibility index (Phi) is 4.22. The third kappa shape index (κ3) is 3.19. The van der Waals surface area contributed by atoms with Crippen LogP contribution in [0.2, 0.25) is 0 Å². The molecule has 0 N–H and O–H groups in total. The van der Waals surface area contributed by atoms with E-state index >= 15 is 0 Å². The molecule has 0 fully saturated rings. The number of nitro groups is 1. The van der Waals surface area contributed by atoms with Crippen molar-refractivity contribution >= 4 is 22.9 Å². The van der Waals surface area contributed by atoms with Crippen LogP contribution in [0.5, 0.6) is 0 Å². The maximum atomic E-state index is 13.2. The lowest BCUT2D eigenvalue weighted by atomic mass is 10.1. The molecule has 0 saturated heterocycles. The van der Waals surface area contributed by atoms with Gasteiger partial charge < -0.3 is 4.90 Å². The number of carbonyl (C=O) groups excluding carboxylic acids is 1. The van der Waals surface area contributed by atoms with Crippen LogP contribution >= 0.6 is 11.3 Å². The second-order valence-electron chi connectivity index (χ2n) is 4.18. The minimum Gasteiger partial charge on any atom is -0.336 e. The van der Waals surface area contributed by atoms with Gasteiger partial charge in [-0.2, -0.15) is 0 Å². The van der Waals surface area contributed by atoms with Crippen LogP contribution < -0.4 is 0 Å². The highest BCUT2D eigenvalue weighted by atomic mass is 32.1. The van der Waals surface area contributed by atoms with Crippen LogP contribution in [0.25, 0.3) is 0 Å². The molecule has 0 aliphatic rings. The molecular formula is C12H9F2N3O3S. The number of nitrogens with zero attached hydrogens (tertiary/aromatic N) is 3. The lowest BCUT2D eigenvalue weighted by molar-refractivity contribution is -0.385. The number of amides is 1. The highest BCUT2D eigenvalue weighted by Crippen LogP contribution is 2.24. The molecule has 6 nitrogen and oxygen atoms in total. The van der Waals surface area contributed by atoms with E-state index in [4.69, 9.17) is 0 Å². The van der Waals surface area contributed by atoms with Crippen molar-refractivity contribution in [3.63, 3.8) is 0 Å². The average Bonchev–Trinajstić information content (AvgIpc) is 2.93. The minimum absolute atomic E-state index is 0.110. The molecule has 2 rings (SSSR count). The first kappa shape index (κ1) is 15.0. The Morgan fingerprint density at radius 3 is 2.67 bits per heavy atom. The molecule has 21 heavy (non-hydrogen) atoms. The first-order valence-corrected chi connectivity index (χ1v) is 6.60. The van der Waals surface area contributed by atoms with Gasteiger partial charge in [0.25, 0.3) is 11.6 Å². The van der Waals surface area contributed by atoms with Crippen molar-refractivity contribution in [2.24, 2.45) is 0 Å². The van der Waals surface area contributed by atoms with E-state index in [1.807, 2.05) is 0 Å². The van der Waals surface area contributed by atoms with Crippen LogP contribution in [0.1, 0.15) is 16.1 Å². The number of nitro benzene ring substituents is 1. The van der Waals surface area contributed by atoms with Gasteiger partial charge in [0, 0.05) is 12.4 Å². The van der Waals surface area contributed by atoms with Gasteiger partial charge in [-0.25, -0.2) is 13.8 Å². The number of rotatable bonds is 4. The Morgan fingerprint density at radius 1 is 1.43 bits per heavy atom. The SMILES string of the molecule is CN(Cc1cscn1)C(=O)c1cc(F)c(F)cc1[N+](=O)[O-]. The zero-order valence-corrected chi connectivity index (χ0v) is 11.6. The summed E-state index contributed by atoms with van der Waals surface area (Å²) in [5.74, 6) is -3.47. The molecule has 1 aromatic carbocycles. The van der Waals surface area contributed by atoms with Crippen molar-refractivity contribution in [3.8, 4) is 0 Å². The Hall–Kier alpha value is -2.42. The maximum Gasteiger partial charge on any atom is 0.285 e. The summed E-state index contributed by atoms with van der Waals surface area (Å²) in [7, 11) is 1.40. The summed E-state index contributed by atoms with van der Waals surface area (Å²) in [6, 6.07) is 0.937. The molecule has 0 bridgehead atoms. The number of thiazole rings is 1. The molecule has 110 valence electrons. The summed E-state index contributed by atoms with van der Waals surface area (Å²) < 4.78 is 26.3. The summed E-state index contributed by atoms with van der Waals surface area (Å²) in [6.45, 7) is 0.110. The van der Waals surface area contributed by atoms with E-state index in [1.54, 1.807) is 10.9 Å². The Balaban J connectivity index is 2.33. The van der Waals surface area contributed by atoms with Gasteiger partial charge >= 0.3 is 0 Å². The van der Waals surface area contributed by atoms with Crippen LogP contribution in [0.4, 0.5) is 14.5 Å². The van der Waals surface area contributed by atoms with E-state index in [-0.39, 0.29) is 6.54 Å². The van der Waals surface area contributed by atoms with E-state index in [0.29, 0.717) is 17.8 Å². The third-order valence-electron chi connectivity index (χ3n) is 2.70. The number of carbonyl (C=O) groups is 1. The molecule has 1 heterocycles. The predicted octanol–water partition coefficient (Wildman–Crippen LogP) is 2.60. The van der Waals surface area contributed by atoms with E-state index in [1.165, 1.54) is 18.4 Å². The topological polar surface area (TPSA) is 76.3 Å². The van der Waals surface area contributed by atoms with Gasteiger partial charge in [0.1, 0.15) is 5.56 Å². The van der Waals surface area contributed by atoms with E-state index in [2.05, 4.69) is 4.98 Å². The smallest absolute Gasteiger partial charge is 0.285 e. The van der Waals surface area contributed by atoms with Crippen LogP contribution in [0.3, 0.4) is 0 Å². The van der Waals surface area contributed by atoms with Crippen molar-refractivity contribution in [3.05, 3.63) is 56.0 Å². The van der Waals surface area contributed by atoms with Crippen LogP contribution in [-0.4, -0.2) is 27.8 Å². The van der Waals surface area contributed by atoms with Crippen molar-refractivity contribution in [1.82, 2.24) is 9.88 Å². The highest BCUT2D eigenvalue weighted by Gasteiger charge is 2.26. The number of hydrogen-bond acceptors (Lipinski definition) is 5. The normalized spacial score (nSPS) is 10.4. The fourth-order valence-electron chi connectivity index (χ4n) is 1.69. The molecule has 0 aliphatic carbocycles. The molecule has 1 amide bonds. The van der Waals surface area contributed by atoms with Gasteiger partial charge in [0.2, 0.25) is 0 Å². The van der Waals surface area contributed by atoms with Crippen molar-refractivity contribution in [2.45, 2.75) is 6.54 Å². The first-order valence-electron chi connectivity index (χ1n) is 5.66. The minimum atomic E-state index is -1.37. The molecule has 0 aliphatic heterocycles. The second kappa shape index (κ2) is 5.92. The molecule has 0 spiro atoms. The number of hydrogen-bond donors (Lipinski definition) is 0.